The van der Waals surface area contributed by atoms with Crippen LogP contribution in [0.2, 0.25) is 0 Å². The Hall–Kier alpha value is -0.160. The fourth-order valence-corrected chi connectivity index (χ4v) is 1.33. The van der Waals surface area contributed by atoms with Gasteiger partial charge in [0.1, 0.15) is 0 Å². The Kier molecular flexibility index (Phi) is 9.92. The van der Waals surface area contributed by atoms with Crippen LogP contribution in [0.15, 0.2) is 0 Å². The third-order valence-electron chi connectivity index (χ3n) is 2.22. The van der Waals surface area contributed by atoms with Crippen LogP contribution in [-0.2, 0) is 0 Å². The molecule has 0 saturated heterocycles. The fraction of sp³-hybridized carbons (Fsp3) is 1.00. The topological polar surface area (TPSA) is 62.1 Å². The first-order valence-corrected chi connectivity index (χ1v) is 6.43. The van der Waals surface area contributed by atoms with Crippen molar-refractivity contribution in [3.05, 3.63) is 0 Å². The van der Waals surface area contributed by atoms with Crippen LogP contribution in [0.3, 0.4) is 0 Å². The lowest BCUT2D eigenvalue weighted by Gasteiger charge is -2.20. The van der Waals surface area contributed by atoms with Gasteiger partial charge in [-0.25, -0.2) is 0 Å². The van der Waals surface area contributed by atoms with Crippen LogP contribution in [-0.4, -0.2) is 44.8 Å². The van der Waals surface area contributed by atoms with E-state index < -0.39 is 0 Å². The molecular weight excluding hydrogens is 200 g/mol. The van der Waals surface area contributed by atoms with Crippen molar-refractivity contribution in [1.82, 2.24) is 16.0 Å². The van der Waals surface area contributed by atoms with E-state index in [4.69, 9.17) is 5.73 Å². The molecule has 0 heterocycles. The first kappa shape index (κ1) is 15.8. The Bertz CT molecular complexity index is 142. The zero-order chi connectivity index (χ0) is 12.3. The van der Waals surface area contributed by atoms with Crippen LogP contribution in [0.1, 0.15) is 33.6 Å². The molecule has 0 radical (unpaired) electrons. The van der Waals surface area contributed by atoms with Crippen molar-refractivity contribution in [1.29, 1.82) is 0 Å². The first-order chi connectivity index (χ1) is 7.56. The quantitative estimate of drug-likeness (QED) is 0.408. The van der Waals surface area contributed by atoms with Crippen molar-refractivity contribution < 1.29 is 0 Å². The summed E-state index contributed by atoms with van der Waals surface area (Å²) >= 11 is 0. The molecule has 0 aromatic heterocycles. The van der Waals surface area contributed by atoms with E-state index in [1.54, 1.807) is 0 Å². The predicted octanol–water partition coefficient (Wildman–Crippen LogP) is 0.293. The lowest BCUT2D eigenvalue weighted by atomic mass is 10.1. The van der Waals surface area contributed by atoms with E-state index in [-0.39, 0.29) is 5.54 Å². The maximum Gasteiger partial charge on any atom is 0.00965 e. The summed E-state index contributed by atoms with van der Waals surface area (Å²) in [6.07, 6.45) is 2.25. The van der Waals surface area contributed by atoms with Crippen molar-refractivity contribution in [2.75, 3.05) is 39.3 Å². The van der Waals surface area contributed by atoms with Crippen LogP contribution in [0, 0.1) is 0 Å². The van der Waals surface area contributed by atoms with Gasteiger partial charge in [0, 0.05) is 18.6 Å². The van der Waals surface area contributed by atoms with E-state index in [9.17, 15) is 0 Å². The van der Waals surface area contributed by atoms with Crippen molar-refractivity contribution in [3.8, 4) is 0 Å². The largest absolute Gasteiger partial charge is 0.330 e. The molecule has 4 heteroatoms. The number of hydrogen-bond donors (Lipinski definition) is 4. The number of hydrogen-bond acceptors (Lipinski definition) is 4. The van der Waals surface area contributed by atoms with Crippen molar-refractivity contribution >= 4 is 0 Å². The molecule has 0 bridgehead atoms. The summed E-state index contributed by atoms with van der Waals surface area (Å²) in [5, 5.41) is 10.2. The summed E-state index contributed by atoms with van der Waals surface area (Å²) < 4.78 is 0. The molecule has 0 aliphatic rings. The number of nitrogens with two attached hydrogens (primary N) is 1. The monoisotopic (exact) mass is 230 g/mol. The Morgan fingerprint density at radius 3 is 1.88 bits per heavy atom. The van der Waals surface area contributed by atoms with E-state index in [0.29, 0.717) is 0 Å². The van der Waals surface area contributed by atoms with Crippen LogP contribution in [0.5, 0.6) is 0 Å². The minimum atomic E-state index is 0.240. The number of nitrogens with one attached hydrogen (secondary N) is 3. The first-order valence-electron chi connectivity index (χ1n) is 6.43. The van der Waals surface area contributed by atoms with Gasteiger partial charge in [-0.1, -0.05) is 0 Å². The molecule has 0 amide bonds. The Morgan fingerprint density at radius 2 is 1.38 bits per heavy atom. The van der Waals surface area contributed by atoms with E-state index in [2.05, 4.69) is 36.7 Å². The molecule has 98 valence electrons. The molecule has 0 spiro atoms. The highest BCUT2D eigenvalue weighted by molar-refractivity contribution is 4.69. The summed E-state index contributed by atoms with van der Waals surface area (Å²) in [7, 11) is 0. The van der Waals surface area contributed by atoms with Gasteiger partial charge in [-0.05, 0) is 59.8 Å². The second kappa shape index (κ2) is 10.0. The Morgan fingerprint density at radius 1 is 0.812 bits per heavy atom. The second-order valence-corrected chi connectivity index (χ2v) is 5.17. The van der Waals surface area contributed by atoms with Gasteiger partial charge in [0.05, 0.1) is 0 Å². The highest BCUT2D eigenvalue weighted by atomic mass is 15.0. The molecule has 0 rings (SSSR count). The molecule has 0 saturated carbocycles. The molecule has 0 atom stereocenters. The lowest BCUT2D eigenvalue weighted by Crippen LogP contribution is -2.37. The van der Waals surface area contributed by atoms with Gasteiger partial charge in [-0.2, -0.15) is 0 Å². The van der Waals surface area contributed by atoms with Gasteiger partial charge in [0.25, 0.3) is 0 Å². The Balaban J connectivity index is 2.99. The molecule has 0 aliphatic heterocycles. The van der Waals surface area contributed by atoms with Crippen LogP contribution in [0.4, 0.5) is 0 Å². The third kappa shape index (κ3) is 13.8. The zero-order valence-electron chi connectivity index (χ0n) is 11.2. The molecule has 0 fully saturated rings. The summed E-state index contributed by atoms with van der Waals surface area (Å²) in [6.45, 7) is 12.6. The molecule has 0 aromatic carbocycles. The van der Waals surface area contributed by atoms with E-state index >= 15 is 0 Å². The van der Waals surface area contributed by atoms with Crippen molar-refractivity contribution in [2.24, 2.45) is 5.73 Å². The van der Waals surface area contributed by atoms with Crippen LogP contribution in [0.25, 0.3) is 0 Å². The van der Waals surface area contributed by atoms with Crippen LogP contribution < -0.4 is 21.7 Å². The van der Waals surface area contributed by atoms with Gasteiger partial charge in [0.15, 0.2) is 0 Å². The average molecular weight is 230 g/mol. The molecule has 5 N–H and O–H groups in total. The van der Waals surface area contributed by atoms with Crippen molar-refractivity contribution in [2.45, 2.75) is 39.2 Å². The van der Waals surface area contributed by atoms with Gasteiger partial charge in [-0.15, -0.1) is 0 Å². The van der Waals surface area contributed by atoms with E-state index in [0.717, 1.165) is 45.7 Å². The van der Waals surface area contributed by atoms with E-state index in [1.807, 2.05) is 0 Å². The summed E-state index contributed by atoms with van der Waals surface area (Å²) in [5.74, 6) is 0. The van der Waals surface area contributed by atoms with Gasteiger partial charge >= 0.3 is 0 Å². The summed E-state index contributed by atoms with van der Waals surface area (Å²) in [6, 6.07) is 0. The van der Waals surface area contributed by atoms with Crippen LogP contribution >= 0.6 is 0 Å². The number of rotatable bonds is 10. The highest BCUT2D eigenvalue weighted by Gasteiger charge is 2.06. The average Bonchev–Trinajstić information content (AvgIpc) is 2.19. The maximum atomic E-state index is 5.40. The molecular formula is C12H30N4. The van der Waals surface area contributed by atoms with Gasteiger partial charge in [0.2, 0.25) is 0 Å². The maximum absolute atomic E-state index is 5.40. The van der Waals surface area contributed by atoms with Crippen molar-refractivity contribution in [3.63, 3.8) is 0 Å². The smallest absolute Gasteiger partial charge is 0.00965 e. The Labute approximate surface area is 101 Å². The van der Waals surface area contributed by atoms with E-state index in [1.165, 1.54) is 6.42 Å². The zero-order valence-corrected chi connectivity index (χ0v) is 11.2. The lowest BCUT2D eigenvalue weighted by molar-refractivity contribution is 0.418. The predicted molar refractivity (Wildman–Crippen MR) is 71.8 cm³/mol. The third-order valence-corrected chi connectivity index (χ3v) is 2.22. The standard InChI is InChI=1S/C12H30N4/c1-12(2,3)16-9-5-8-15-11-10-14-7-4-6-13/h14-16H,4-11,13H2,1-3H3. The molecule has 0 aliphatic carbocycles. The summed E-state index contributed by atoms with van der Waals surface area (Å²) in [5.41, 5.74) is 5.64. The molecule has 16 heavy (non-hydrogen) atoms. The molecule has 0 unspecified atom stereocenters. The summed E-state index contributed by atoms with van der Waals surface area (Å²) in [4.78, 5) is 0. The SMILES string of the molecule is CC(C)(C)NCCCNCCNCCCN. The minimum Gasteiger partial charge on any atom is -0.330 e. The normalized spacial score (nSPS) is 12.0. The fourth-order valence-electron chi connectivity index (χ4n) is 1.33. The highest BCUT2D eigenvalue weighted by Crippen LogP contribution is 1.97. The minimum absolute atomic E-state index is 0.240. The molecule has 4 nitrogen and oxygen atoms in total. The van der Waals surface area contributed by atoms with Gasteiger partial charge in [-0.3, -0.25) is 0 Å². The van der Waals surface area contributed by atoms with Gasteiger partial charge < -0.3 is 21.7 Å². The second-order valence-electron chi connectivity index (χ2n) is 5.17. The molecule has 0 aromatic rings.